The first kappa shape index (κ1) is 30.0. The molecule has 0 aliphatic carbocycles. The summed E-state index contributed by atoms with van der Waals surface area (Å²) in [6.07, 6.45) is 0. The van der Waals surface area contributed by atoms with Crippen LogP contribution in [-0.4, -0.2) is 0 Å². The fourth-order valence-electron chi connectivity index (χ4n) is 7.44. The van der Waals surface area contributed by atoms with Gasteiger partial charge in [-0.2, -0.15) is 0 Å². The van der Waals surface area contributed by atoms with Gasteiger partial charge in [0.15, 0.2) is 0 Å². The summed E-state index contributed by atoms with van der Waals surface area (Å²) in [7, 11) is 0. The molecule has 0 spiro atoms. The van der Waals surface area contributed by atoms with E-state index in [1.165, 1.54) is 54.6 Å². The Balaban J connectivity index is 1.02. The summed E-state index contributed by atoms with van der Waals surface area (Å²) >= 11 is 0. The van der Waals surface area contributed by atoms with Gasteiger partial charge in [-0.1, -0.05) is 121 Å². The lowest BCUT2D eigenvalue weighted by Gasteiger charge is -2.26. The zero-order valence-electron chi connectivity index (χ0n) is 28.4. The Bertz CT molecular complexity index is 2710. The van der Waals surface area contributed by atoms with Gasteiger partial charge < -0.3 is 9.32 Å². The van der Waals surface area contributed by atoms with Crippen LogP contribution in [0.2, 0.25) is 0 Å². The maximum atomic E-state index is 6.38. The number of rotatable bonds is 6. The van der Waals surface area contributed by atoms with E-state index < -0.39 is 0 Å². The van der Waals surface area contributed by atoms with Gasteiger partial charge in [0.1, 0.15) is 11.3 Å². The Morgan fingerprint density at radius 3 is 1.13 bits per heavy atom. The number of hydrogen-bond acceptors (Lipinski definition) is 2. The highest BCUT2D eigenvalue weighted by Crippen LogP contribution is 2.39. The minimum atomic E-state index is 0.864. The molecule has 9 aromatic carbocycles. The molecule has 244 valence electrons. The second-order valence-electron chi connectivity index (χ2n) is 13.4. The molecule has 0 aliphatic heterocycles. The normalized spacial score (nSPS) is 11.5. The van der Waals surface area contributed by atoms with Crippen molar-refractivity contribution in [1.29, 1.82) is 0 Å². The van der Waals surface area contributed by atoms with Crippen LogP contribution in [0.15, 0.2) is 205 Å². The van der Waals surface area contributed by atoms with Gasteiger partial charge in [-0.15, -0.1) is 0 Å². The van der Waals surface area contributed by atoms with Crippen molar-refractivity contribution in [1.82, 2.24) is 0 Å². The standard InChI is InChI=1S/C50H33NO/c1-3-9-39-29-43(15-13-34(39)7-1)36-17-23-46(24-18-36)51(47-25-19-37(20-26-47)44-16-14-35-8-2-4-10-40(35)30-44)48-27-21-38(22-28-48)49-33-45-31-41-11-5-6-12-42(41)32-50(45)52-49/h1-33H. The first-order valence-corrected chi connectivity index (χ1v) is 17.7. The third kappa shape index (κ3) is 5.48. The van der Waals surface area contributed by atoms with E-state index in [1.807, 2.05) is 0 Å². The van der Waals surface area contributed by atoms with Crippen molar-refractivity contribution in [2.24, 2.45) is 0 Å². The first-order valence-electron chi connectivity index (χ1n) is 17.7. The van der Waals surface area contributed by atoms with E-state index in [0.29, 0.717) is 0 Å². The molecule has 0 bridgehead atoms. The number of benzene rings is 9. The molecule has 10 aromatic rings. The lowest BCUT2D eigenvalue weighted by molar-refractivity contribution is 0.632. The third-order valence-corrected chi connectivity index (χ3v) is 10.2. The van der Waals surface area contributed by atoms with Gasteiger partial charge in [0.05, 0.1) is 0 Å². The molecule has 0 radical (unpaired) electrons. The number of anilines is 3. The number of hydrogen-bond donors (Lipinski definition) is 0. The molecule has 1 heterocycles. The molecular formula is C50H33NO. The average molecular weight is 664 g/mol. The van der Waals surface area contributed by atoms with E-state index in [9.17, 15) is 0 Å². The molecule has 0 unspecified atom stereocenters. The van der Waals surface area contributed by atoms with Gasteiger partial charge in [0.2, 0.25) is 0 Å². The van der Waals surface area contributed by atoms with Crippen molar-refractivity contribution < 1.29 is 4.42 Å². The van der Waals surface area contributed by atoms with Crippen molar-refractivity contribution in [3.8, 4) is 33.6 Å². The minimum Gasteiger partial charge on any atom is -0.456 e. The summed E-state index contributed by atoms with van der Waals surface area (Å²) in [5.74, 6) is 0.864. The summed E-state index contributed by atoms with van der Waals surface area (Å²) in [4.78, 5) is 2.32. The second-order valence-corrected chi connectivity index (χ2v) is 13.4. The molecule has 0 aliphatic rings. The third-order valence-electron chi connectivity index (χ3n) is 10.2. The van der Waals surface area contributed by atoms with Gasteiger partial charge in [-0.3, -0.25) is 0 Å². The molecule has 10 rings (SSSR count). The van der Waals surface area contributed by atoms with Gasteiger partial charge in [-0.05, 0) is 133 Å². The van der Waals surface area contributed by atoms with Crippen molar-refractivity contribution in [3.63, 3.8) is 0 Å². The van der Waals surface area contributed by atoms with E-state index in [2.05, 4.69) is 205 Å². The maximum Gasteiger partial charge on any atom is 0.135 e. The van der Waals surface area contributed by atoms with Crippen LogP contribution in [0, 0.1) is 0 Å². The highest BCUT2D eigenvalue weighted by molar-refractivity contribution is 5.97. The zero-order chi connectivity index (χ0) is 34.4. The minimum absolute atomic E-state index is 0.864. The number of furan rings is 1. The molecule has 0 saturated carbocycles. The lowest BCUT2D eigenvalue weighted by Crippen LogP contribution is -2.09. The fraction of sp³-hybridized carbons (Fsp3) is 0. The molecule has 2 heteroatoms. The van der Waals surface area contributed by atoms with Crippen molar-refractivity contribution >= 4 is 60.3 Å². The summed E-state index contributed by atoms with van der Waals surface area (Å²) in [6, 6.07) is 71.8. The predicted molar refractivity (Wildman–Crippen MR) is 220 cm³/mol. The van der Waals surface area contributed by atoms with E-state index >= 15 is 0 Å². The van der Waals surface area contributed by atoms with Crippen molar-refractivity contribution in [3.05, 3.63) is 200 Å². The monoisotopic (exact) mass is 663 g/mol. The highest BCUT2D eigenvalue weighted by atomic mass is 16.3. The summed E-state index contributed by atoms with van der Waals surface area (Å²) in [5, 5.41) is 8.50. The van der Waals surface area contributed by atoms with Gasteiger partial charge in [0.25, 0.3) is 0 Å². The van der Waals surface area contributed by atoms with Crippen LogP contribution in [0.5, 0.6) is 0 Å². The maximum absolute atomic E-state index is 6.38. The Hall–Kier alpha value is -6.90. The van der Waals surface area contributed by atoms with Crippen molar-refractivity contribution in [2.75, 3.05) is 4.90 Å². The first-order chi connectivity index (χ1) is 25.7. The van der Waals surface area contributed by atoms with Crippen LogP contribution in [0.4, 0.5) is 17.1 Å². The topological polar surface area (TPSA) is 16.4 Å². The van der Waals surface area contributed by atoms with Crippen LogP contribution >= 0.6 is 0 Å². The molecule has 0 atom stereocenters. The van der Waals surface area contributed by atoms with Gasteiger partial charge >= 0.3 is 0 Å². The quantitative estimate of drug-likeness (QED) is 0.176. The highest BCUT2D eigenvalue weighted by Gasteiger charge is 2.15. The Labute approximate surface area is 302 Å². The zero-order valence-corrected chi connectivity index (χ0v) is 28.4. The van der Waals surface area contributed by atoms with Crippen LogP contribution in [-0.2, 0) is 0 Å². The fourth-order valence-corrected chi connectivity index (χ4v) is 7.44. The predicted octanol–water partition coefficient (Wildman–Crippen LogP) is 14.4. The van der Waals surface area contributed by atoms with Crippen LogP contribution in [0.25, 0.3) is 76.9 Å². The van der Waals surface area contributed by atoms with Gasteiger partial charge in [-0.25, -0.2) is 0 Å². The Morgan fingerprint density at radius 1 is 0.269 bits per heavy atom. The largest absolute Gasteiger partial charge is 0.456 e. The lowest BCUT2D eigenvalue weighted by atomic mass is 10.00. The summed E-state index contributed by atoms with van der Waals surface area (Å²) in [5.41, 5.74) is 9.99. The molecular weight excluding hydrogens is 631 g/mol. The second kappa shape index (κ2) is 12.5. The molecule has 0 N–H and O–H groups in total. The van der Waals surface area contributed by atoms with E-state index in [1.54, 1.807) is 0 Å². The number of fused-ring (bicyclic) bond motifs is 4. The molecule has 2 nitrogen and oxygen atoms in total. The Morgan fingerprint density at radius 2 is 0.654 bits per heavy atom. The van der Waals surface area contributed by atoms with Gasteiger partial charge in [0, 0.05) is 28.0 Å². The molecule has 0 amide bonds. The molecule has 52 heavy (non-hydrogen) atoms. The van der Waals surface area contributed by atoms with Crippen LogP contribution in [0.3, 0.4) is 0 Å². The van der Waals surface area contributed by atoms with Crippen LogP contribution < -0.4 is 4.90 Å². The molecule has 0 saturated heterocycles. The Kier molecular flexibility index (Phi) is 7.18. The van der Waals surface area contributed by atoms with Crippen molar-refractivity contribution in [2.45, 2.75) is 0 Å². The molecule has 1 aromatic heterocycles. The van der Waals surface area contributed by atoms with Crippen LogP contribution in [0.1, 0.15) is 0 Å². The number of nitrogens with zero attached hydrogens (tertiary/aromatic N) is 1. The smallest absolute Gasteiger partial charge is 0.135 e. The van der Waals surface area contributed by atoms with E-state index in [-0.39, 0.29) is 0 Å². The van der Waals surface area contributed by atoms with E-state index in [0.717, 1.165) is 39.4 Å². The average Bonchev–Trinajstić information content (AvgIpc) is 3.63. The van der Waals surface area contributed by atoms with E-state index in [4.69, 9.17) is 4.42 Å². The SMILES string of the molecule is c1ccc2cc(-c3ccc(N(c4ccc(-c5ccc6ccccc6c5)cc4)c4ccc(-c5cc6cc7ccccc7cc6o5)cc4)cc3)ccc2c1. The summed E-state index contributed by atoms with van der Waals surface area (Å²) < 4.78 is 6.38. The summed E-state index contributed by atoms with van der Waals surface area (Å²) in [6.45, 7) is 0. The molecule has 0 fully saturated rings.